The van der Waals surface area contributed by atoms with Gasteiger partial charge in [0.25, 0.3) is 0 Å². The molecule has 172 valence electrons. The number of rotatable bonds is 8. The predicted octanol–water partition coefficient (Wildman–Crippen LogP) is 3.87. The van der Waals surface area contributed by atoms with E-state index in [0.717, 1.165) is 36.5 Å². The second-order valence-electron chi connectivity index (χ2n) is 8.22. The number of nitrogens with zero attached hydrogens (tertiary/aromatic N) is 3. The fraction of sp³-hybridized carbons (Fsp3) is 0.346. The van der Waals surface area contributed by atoms with E-state index in [1.54, 1.807) is 7.11 Å². The molecular weight excluding hydrogens is 416 g/mol. The van der Waals surface area contributed by atoms with Crippen molar-refractivity contribution < 1.29 is 14.3 Å². The Labute approximate surface area is 194 Å². The minimum atomic E-state index is -0.0800. The van der Waals surface area contributed by atoms with Crippen molar-refractivity contribution in [3.63, 3.8) is 0 Å². The molecule has 1 amide bonds. The average molecular weight is 447 g/mol. The minimum Gasteiger partial charge on any atom is -0.493 e. The van der Waals surface area contributed by atoms with Gasteiger partial charge in [0.15, 0.2) is 17.3 Å². The molecule has 2 aromatic carbocycles. The van der Waals surface area contributed by atoms with E-state index >= 15 is 0 Å². The summed E-state index contributed by atoms with van der Waals surface area (Å²) in [5.74, 6) is 2.13. The third kappa shape index (κ3) is 5.80. The van der Waals surface area contributed by atoms with Crippen LogP contribution in [0.3, 0.4) is 0 Å². The average Bonchev–Trinajstić information content (AvgIpc) is 2.87. The van der Waals surface area contributed by atoms with Gasteiger partial charge >= 0.3 is 0 Å². The molecule has 1 N–H and O–H groups in total. The van der Waals surface area contributed by atoms with Crippen molar-refractivity contribution in [2.75, 3.05) is 38.3 Å². The second kappa shape index (κ2) is 10.8. The van der Waals surface area contributed by atoms with Gasteiger partial charge < -0.3 is 19.7 Å². The first-order valence-corrected chi connectivity index (χ1v) is 11.3. The zero-order valence-corrected chi connectivity index (χ0v) is 19.2. The molecule has 4 rings (SSSR count). The van der Waals surface area contributed by atoms with Gasteiger partial charge in [-0.1, -0.05) is 42.0 Å². The fourth-order valence-corrected chi connectivity index (χ4v) is 3.99. The van der Waals surface area contributed by atoms with Crippen LogP contribution in [0.1, 0.15) is 18.4 Å². The number of hydrogen-bond acceptors (Lipinski definition) is 6. The number of nitrogens with one attached hydrogen (secondary N) is 1. The number of para-hydroxylation sites is 2. The van der Waals surface area contributed by atoms with Crippen LogP contribution in [0.2, 0.25) is 0 Å². The lowest BCUT2D eigenvalue weighted by Crippen LogP contribution is -2.44. The number of amides is 1. The molecule has 1 saturated heterocycles. The maximum Gasteiger partial charge on any atom is 0.225 e. The Morgan fingerprint density at radius 2 is 1.85 bits per heavy atom. The first kappa shape index (κ1) is 22.6. The molecule has 0 bridgehead atoms. The molecule has 7 nitrogen and oxygen atoms in total. The van der Waals surface area contributed by atoms with Gasteiger partial charge in [0, 0.05) is 18.7 Å². The van der Waals surface area contributed by atoms with Crippen LogP contribution in [0.5, 0.6) is 11.5 Å². The summed E-state index contributed by atoms with van der Waals surface area (Å²) in [5.41, 5.74) is 3.11. The summed E-state index contributed by atoms with van der Waals surface area (Å²) in [6.45, 7) is 4.40. The minimum absolute atomic E-state index is 0.0487. The summed E-state index contributed by atoms with van der Waals surface area (Å²) < 4.78 is 11.0. The highest BCUT2D eigenvalue weighted by Crippen LogP contribution is 2.26. The van der Waals surface area contributed by atoms with Crippen molar-refractivity contribution in [1.82, 2.24) is 15.5 Å². The highest BCUT2D eigenvalue weighted by molar-refractivity contribution is 5.79. The number of aromatic nitrogens is 2. The molecule has 3 aromatic rings. The van der Waals surface area contributed by atoms with Crippen molar-refractivity contribution in [1.29, 1.82) is 0 Å². The number of methoxy groups -OCH3 is 1. The molecule has 1 fully saturated rings. The number of carbonyl (C=O) groups is 1. The van der Waals surface area contributed by atoms with E-state index in [0.29, 0.717) is 31.2 Å². The summed E-state index contributed by atoms with van der Waals surface area (Å²) >= 11 is 0. The number of hydrogen-bond donors (Lipinski definition) is 1. The van der Waals surface area contributed by atoms with Gasteiger partial charge in [-0.05, 0) is 44.0 Å². The SMILES string of the molecule is COc1ccccc1OCCNC(=O)[C@H]1CCCN(c2ccc(-c3ccc(C)cc3)nn2)C1. The van der Waals surface area contributed by atoms with Crippen molar-refractivity contribution in [2.24, 2.45) is 5.92 Å². The lowest BCUT2D eigenvalue weighted by Gasteiger charge is -2.32. The van der Waals surface area contributed by atoms with Gasteiger partial charge in [-0.3, -0.25) is 4.79 Å². The molecule has 0 saturated carbocycles. The molecule has 7 heteroatoms. The van der Waals surface area contributed by atoms with Crippen LogP contribution >= 0.6 is 0 Å². The molecule has 1 aliphatic rings. The molecule has 33 heavy (non-hydrogen) atoms. The van der Waals surface area contributed by atoms with Crippen LogP contribution in [0.25, 0.3) is 11.3 Å². The zero-order valence-electron chi connectivity index (χ0n) is 19.2. The Balaban J connectivity index is 1.28. The van der Waals surface area contributed by atoms with Gasteiger partial charge in [-0.15, -0.1) is 10.2 Å². The van der Waals surface area contributed by atoms with E-state index in [-0.39, 0.29) is 11.8 Å². The highest BCUT2D eigenvalue weighted by Gasteiger charge is 2.26. The lowest BCUT2D eigenvalue weighted by molar-refractivity contribution is -0.125. The van der Waals surface area contributed by atoms with Crippen molar-refractivity contribution in [3.05, 3.63) is 66.2 Å². The fourth-order valence-electron chi connectivity index (χ4n) is 3.99. The maximum atomic E-state index is 12.7. The van der Waals surface area contributed by atoms with Crippen LogP contribution in [-0.4, -0.2) is 49.5 Å². The number of carbonyl (C=O) groups excluding carboxylic acids is 1. The van der Waals surface area contributed by atoms with Crippen LogP contribution in [-0.2, 0) is 4.79 Å². The Morgan fingerprint density at radius 3 is 2.58 bits per heavy atom. The van der Waals surface area contributed by atoms with E-state index in [4.69, 9.17) is 9.47 Å². The predicted molar refractivity (Wildman–Crippen MR) is 129 cm³/mol. The van der Waals surface area contributed by atoms with E-state index in [1.165, 1.54) is 5.56 Å². The number of anilines is 1. The van der Waals surface area contributed by atoms with Gasteiger partial charge in [0.05, 0.1) is 25.3 Å². The Kier molecular flexibility index (Phi) is 7.40. The third-order valence-electron chi connectivity index (χ3n) is 5.84. The van der Waals surface area contributed by atoms with Crippen LogP contribution in [0.15, 0.2) is 60.7 Å². The third-order valence-corrected chi connectivity index (χ3v) is 5.84. The quantitative estimate of drug-likeness (QED) is 0.530. The molecule has 2 heterocycles. The Morgan fingerprint density at radius 1 is 1.06 bits per heavy atom. The Hall–Kier alpha value is -3.61. The van der Waals surface area contributed by atoms with Gasteiger partial charge in [0.1, 0.15) is 6.61 Å². The molecule has 1 aromatic heterocycles. The summed E-state index contributed by atoms with van der Waals surface area (Å²) in [7, 11) is 1.61. The summed E-state index contributed by atoms with van der Waals surface area (Å²) in [5, 5.41) is 11.8. The maximum absolute atomic E-state index is 12.7. The number of ether oxygens (including phenoxy) is 2. The first-order valence-electron chi connectivity index (χ1n) is 11.3. The number of aryl methyl sites for hydroxylation is 1. The van der Waals surface area contributed by atoms with Gasteiger partial charge in [-0.25, -0.2) is 0 Å². The molecule has 0 aliphatic carbocycles. The van der Waals surface area contributed by atoms with Gasteiger partial charge in [0.2, 0.25) is 5.91 Å². The standard InChI is InChI=1S/C26H30N4O3/c1-19-9-11-20(12-10-19)22-13-14-25(29-28-22)30-16-5-6-21(18-30)26(31)27-15-17-33-24-8-4-3-7-23(24)32-2/h3-4,7-14,21H,5-6,15-18H2,1-2H3,(H,27,31)/t21-/m0/s1. The molecule has 1 aliphatic heterocycles. The van der Waals surface area contributed by atoms with Crippen molar-refractivity contribution in [3.8, 4) is 22.8 Å². The van der Waals surface area contributed by atoms with Crippen LogP contribution in [0, 0.1) is 12.8 Å². The monoisotopic (exact) mass is 446 g/mol. The smallest absolute Gasteiger partial charge is 0.225 e. The number of benzene rings is 2. The van der Waals surface area contributed by atoms with E-state index in [9.17, 15) is 4.79 Å². The van der Waals surface area contributed by atoms with Crippen molar-refractivity contribution in [2.45, 2.75) is 19.8 Å². The van der Waals surface area contributed by atoms with E-state index < -0.39 is 0 Å². The Bertz CT molecular complexity index is 1050. The summed E-state index contributed by atoms with van der Waals surface area (Å²) in [6, 6.07) is 19.7. The largest absolute Gasteiger partial charge is 0.493 e. The number of piperidine rings is 1. The molecule has 1 atom stereocenters. The topological polar surface area (TPSA) is 76.6 Å². The molecular formula is C26H30N4O3. The summed E-state index contributed by atoms with van der Waals surface area (Å²) in [4.78, 5) is 14.9. The van der Waals surface area contributed by atoms with E-state index in [1.807, 2.05) is 36.4 Å². The lowest BCUT2D eigenvalue weighted by atomic mass is 9.97. The zero-order chi connectivity index (χ0) is 23.0. The molecule has 0 radical (unpaired) electrons. The highest BCUT2D eigenvalue weighted by atomic mass is 16.5. The van der Waals surface area contributed by atoms with Crippen LogP contribution in [0.4, 0.5) is 5.82 Å². The second-order valence-corrected chi connectivity index (χ2v) is 8.22. The van der Waals surface area contributed by atoms with E-state index in [2.05, 4.69) is 51.6 Å². The van der Waals surface area contributed by atoms with Crippen molar-refractivity contribution >= 4 is 11.7 Å². The van der Waals surface area contributed by atoms with Crippen LogP contribution < -0.4 is 19.7 Å². The normalized spacial score (nSPS) is 15.7. The summed E-state index contributed by atoms with van der Waals surface area (Å²) in [6.07, 6.45) is 1.81. The first-order chi connectivity index (χ1) is 16.1. The molecule has 0 unspecified atom stereocenters. The van der Waals surface area contributed by atoms with Gasteiger partial charge in [-0.2, -0.15) is 0 Å². The molecule has 0 spiro atoms.